The molecule has 0 amide bonds. The van der Waals surface area contributed by atoms with Gasteiger partial charge in [0.2, 0.25) is 0 Å². The molecule has 19 heavy (non-hydrogen) atoms. The first kappa shape index (κ1) is 14.1. The summed E-state index contributed by atoms with van der Waals surface area (Å²) in [6.07, 6.45) is -0.104. The van der Waals surface area contributed by atoms with Crippen LogP contribution in [0.1, 0.15) is 23.5 Å². The van der Waals surface area contributed by atoms with Gasteiger partial charge in [0.25, 0.3) is 0 Å². The quantitative estimate of drug-likeness (QED) is 0.880. The van der Waals surface area contributed by atoms with Gasteiger partial charge in [-0.15, -0.1) is 11.3 Å². The minimum absolute atomic E-state index is 0.0617. The molecule has 2 aromatic rings. The summed E-state index contributed by atoms with van der Waals surface area (Å²) < 4.78 is 11.1. The summed E-state index contributed by atoms with van der Waals surface area (Å²) in [5, 5.41) is 2.05. The second-order valence-electron chi connectivity index (χ2n) is 4.44. The molecule has 2 unspecified atom stereocenters. The summed E-state index contributed by atoms with van der Waals surface area (Å²) in [7, 11) is 1.66. The van der Waals surface area contributed by atoms with Gasteiger partial charge in [-0.2, -0.15) is 0 Å². The Labute approximate surface area is 118 Å². The van der Waals surface area contributed by atoms with Crippen LogP contribution < -0.4 is 10.5 Å². The molecule has 2 rings (SSSR count). The van der Waals surface area contributed by atoms with Gasteiger partial charge >= 0.3 is 0 Å². The van der Waals surface area contributed by atoms with Crippen molar-refractivity contribution in [3.63, 3.8) is 0 Å². The Bertz CT molecular complexity index is 479. The SMILES string of the molecule is COc1ccc(C(OCc2cccs2)C(C)N)cc1. The fourth-order valence-electron chi connectivity index (χ4n) is 1.91. The molecule has 0 saturated heterocycles. The summed E-state index contributed by atoms with van der Waals surface area (Å²) in [5.41, 5.74) is 7.10. The zero-order valence-electron chi connectivity index (χ0n) is 11.2. The second-order valence-corrected chi connectivity index (χ2v) is 5.48. The van der Waals surface area contributed by atoms with Gasteiger partial charge in [0.15, 0.2) is 0 Å². The van der Waals surface area contributed by atoms with E-state index in [1.165, 1.54) is 4.88 Å². The van der Waals surface area contributed by atoms with Gasteiger partial charge in [-0.25, -0.2) is 0 Å². The lowest BCUT2D eigenvalue weighted by molar-refractivity contribution is 0.0273. The Balaban J connectivity index is 2.06. The summed E-state index contributed by atoms with van der Waals surface area (Å²) in [4.78, 5) is 1.21. The maximum Gasteiger partial charge on any atom is 0.118 e. The van der Waals surface area contributed by atoms with Crippen molar-refractivity contribution in [3.8, 4) is 5.75 Å². The predicted molar refractivity (Wildman–Crippen MR) is 78.5 cm³/mol. The molecular formula is C15H19NO2S. The Hall–Kier alpha value is -1.36. The molecule has 102 valence electrons. The van der Waals surface area contributed by atoms with Crippen LogP contribution in [0.3, 0.4) is 0 Å². The fourth-order valence-corrected chi connectivity index (χ4v) is 2.54. The van der Waals surface area contributed by atoms with Crippen LogP contribution in [-0.4, -0.2) is 13.2 Å². The molecule has 0 aliphatic heterocycles. The van der Waals surface area contributed by atoms with Crippen LogP contribution in [0.4, 0.5) is 0 Å². The maximum atomic E-state index is 6.03. The third-order valence-electron chi connectivity index (χ3n) is 2.91. The molecule has 0 fully saturated rings. The first-order valence-electron chi connectivity index (χ1n) is 6.24. The lowest BCUT2D eigenvalue weighted by atomic mass is 10.0. The minimum atomic E-state index is -0.104. The number of ether oxygens (including phenoxy) is 2. The van der Waals surface area contributed by atoms with Crippen molar-refractivity contribution in [2.45, 2.75) is 25.7 Å². The lowest BCUT2D eigenvalue weighted by Gasteiger charge is -2.21. The predicted octanol–water partition coefficient (Wildman–Crippen LogP) is 3.36. The smallest absolute Gasteiger partial charge is 0.118 e. The molecule has 0 bridgehead atoms. The van der Waals surface area contributed by atoms with Crippen molar-refractivity contribution in [2.24, 2.45) is 5.73 Å². The molecule has 0 radical (unpaired) electrons. The standard InChI is InChI=1S/C15H19NO2S/c1-11(16)15(18-10-14-4-3-9-19-14)12-5-7-13(17-2)8-6-12/h3-9,11,15H,10,16H2,1-2H3. The van der Waals surface area contributed by atoms with Crippen LogP contribution in [-0.2, 0) is 11.3 Å². The van der Waals surface area contributed by atoms with Crippen LogP contribution in [0.5, 0.6) is 5.75 Å². The molecule has 1 heterocycles. The number of hydrogen-bond acceptors (Lipinski definition) is 4. The Morgan fingerprint density at radius 3 is 2.47 bits per heavy atom. The van der Waals surface area contributed by atoms with Crippen LogP contribution in [0.2, 0.25) is 0 Å². The number of methoxy groups -OCH3 is 1. The highest BCUT2D eigenvalue weighted by atomic mass is 32.1. The van der Waals surface area contributed by atoms with Gasteiger partial charge in [0, 0.05) is 10.9 Å². The number of nitrogens with two attached hydrogens (primary N) is 1. The van der Waals surface area contributed by atoms with Gasteiger partial charge in [-0.3, -0.25) is 0 Å². The molecular weight excluding hydrogens is 258 g/mol. The summed E-state index contributed by atoms with van der Waals surface area (Å²) >= 11 is 1.69. The molecule has 0 aliphatic carbocycles. The zero-order chi connectivity index (χ0) is 13.7. The second kappa shape index (κ2) is 6.70. The molecule has 3 nitrogen and oxygen atoms in total. The van der Waals surface area contributed by atoms with Gasteiger partial charge in [-0.05, 0) is 36.1 Å². The topological polar surface area (TPSA) is 44.5 Å². The summed E-state index contributed by atoms with van der Waals surface area (Å²) in [6.45, 7) is 2.55. The van der Waals surface area contributed by atoms with E-state index in [9.17, 15) is 0 Å². The molecule has 1 aromatic carbocycles. The van der Waals surface area contributed by atoms with E-state index in [1.54, 1.807) is 18.4 Å². The minimum Gasteiger partial charge on any atom is -0.497 e. The van der Waals surface area contributed by atoms with E-state index in [2.05, 4.69) is 6.07 Å². The first-order chi connectivity index (χ1) is 9.20. The first-order valence-corrected chi connectivity index (χ1v) is 7.12. The molecule has 1 aromatic heterocycles. The van der Waals surface area contributed by atoms with Crippen LogP contribution >= 0.6 is 11.3 Å². The van der Waals surface area contributed by atoms with E-state index < -0.39 is 0 Å². The number of rotatable bonds is 6. The highest BCUT2D eigenvalue weighted by Gasteiger charge is 2.17. The average molecular weight is 277 g/mol. The zero-order valence-corrected chi connectivity index (χ0v) is 12.0. The molecule has 2 atom stereocenters. The highest BCUT2D eigenvalue weighted by Crippen LogP contribution is 2.25. The van der Waals surface area contributed by atoms with Crippen molar-refractivity contribution in [3.05, 3.63) is 52.2 Å². The van der Waals surface area contributed by atoms with E-state index in [4.69, 9.17) is 15.2 Å². The average Bonchev–Trinajstić information content (AvgIpc) is 2.92. The van der Waals surface area contributed by atoms with Gasteiger partial charge in [-0.1, -0.05) is 18.2 Å². The van der Waals surface area contributed by atoms with Crippen LogP contribution in [0.25, 0.3) is 0 Å². The molecule has 0 spiro atoms. The Morgan fingerprint density at radius 1 is 1.21 bits per heavy atom. The van der Waals surface area contributed by atoms with E-state index >= 15 is 0 Å². The van der Waals surface area contributed by atoms with Crippen molar-refractivity contribution >= 4 is 11.3 Å². The largest absolute Gasteiger partial charge is 0.497 e. The van der Waals surface area contributed by atoms with Crippen molar-refractivity contribution < 1.29 is 9.47 Å². The van der Waals surface area contributed by atoms with E-state index in [1.807, 2.05) is 42.6 Å². The Morgan fingerprint density at radius 2 is 1.95 bits per heavy atom. The normalized spacial score (nSPS) is 14.1. The maximum absolute atomic E-state index is 6.03. The summed E-state index contributed by atoms with van der Waals surface area (Å²) in [5.74, 6) is 0.838. The van der Waals surface area contributed by atoms with Gasteiger partial charge in [0.1, 0.15) is 5.75 Å². The van der Waals surface area contributed by atoms with E-state index in [-0.39, 0.29) is 12.1 Å². The fraction of sp³-hybridized carbons (Fsp3) is 0.333. The van der Waals surface area contributed by atoms with Crippen molar-refractivity contribution in [2.75, 3.05) is 7.11 Å². The molecule has 0 aliphatic rings. The van der Waals surface area contributed by atoms with E-state index in [0.29, 0.717) is 6.61 Å². The number of benzene rings is 1. The molecule has 0 saturated carbocycles. The summed E-state index contributed by atoms with van der Waals surface area (Å²) in [6, 6.07) is 11.9. The highest BCUT2D eigenvalue weighted by molar-refractivity contribution is 7.09. The lowest BCUT2D eigenvalue weighted by Crippen LogP contribution is -2.26. The van der Waals surface area contributed by atoms with Crippen LogP contribution in [0.15, 0.2) is 41.8 Å². The molecule has 4 heteroatoms. The third kappa shape index (κ3) is 3.80. The van der Waals surface area contributed by atoms with Gasteiger partial charge < -0.3 is 15.2 Å². The van der Waals surface area contributed by atoms with Crippen molar-refractivity contribution in [1.29, 1.82) is 0 Å². The number of thiophene rings is 1. The number of hydrogen-bond donors (Lipinski definition) is 1. The van der Waals surface area contributed by atoms with Crippen molar-refractivity contribution in [1.82, 2.24) is 0 Å². The third-order valence-corrected chi connectivity index (χ3v) is 3.76. The van der Waals surface area contributed by atoms with E-state index in [0.717, 1.165) is 11.3 Å². The van der Waals surface area contributed by atoms with Gasteiger partial charge in [0.05, 0.1) is 19.8 Å². The van der Waals surface area contributed by atoms with Crippen LogP contribution in [0, 0.1) is 0 Å². The molecule has 2 N–H and O–H groups in total. The monoisotopic (exact) mass is 277 g/mol. The Kier molecular flexibility index (Phi) is 4.96.